The predicted molar refractivity (Wildman–Crippen MR) is 81.4 cm³/mol. The molecule has 1 saturated carbocycles. The molecule has 3 rings (SSSR count). The first-order chi connectivity index (χ1) is 11.6. The summed E-state index contributed by atoms with van der Waals surface area (Å²) in [6.07, 6.45) is 5.82. The number of esters is 1. The fourth-order valence-electron chi connectivity index (χ4n) is 3.97. The Hall–Kier alpha value is -2.25. The Kier molecular flexibility index (Phi) is 4.64. The zero-order chi connectivity index (χ0) is 17.3. The molecule has 24 heavy (non-hydrogen) atoms. The number of fused-ring (bicyclic) bond motifs is 1. The van der Waals surface area contributed by atoms with E-state index in [0.29, 0.717) is 0 Å². The highest BCUT2D eigenvalue weighted by molar-refractivity contribution is 5.81. The zero-order valence-corrected chi connectivity index (χ0v) is 13.8. The molecule has 0 unspecified atom stereocenters. The summed E-state index contributed by atoms with van der Waals surface area (Å²) < 4.78 is 15.0. The average Bonchev–Trinajstić information content (AvgIpc) is 2.97. The Morgan fingerprint density at radius 1 is 1.04 bits per heavy atom. The number of methoxy groups -OCH3 is 2. The van der Waals surface area contributed by atoms with Crippen LogP contribution < -0.4 is 0 Å². The topological polar surface area (TPSA) is 85.4 Å². The molecule has 132 valence electrons. The van der Waals surface area contributed by atoms with Crippen LogP contribution in [0.3, 0.4) is 0 Å². The van der Waals surface area contributed by atoms with Crippen LogP contribution in [0.2, 0.25) is 0 Å². The molecular formula is C16H22N2O6. The quantitative estimate of drug-likeness (QED) is 0.537. The first-order valence-electron chi connectivity index (χ1n) is 8.20. The van der Waals surface area contributed by atoms with Crippen LogP contribution in [0.1, 0.15) is 32.1 Å². The molecule has 0 aromatic rings. The monoisotopic (exact) mass is 338 g/mol. The Morgan fingerprint density at radius 2 is 1.62 bits per heavy atom. The van der Waals surface area contributed by atoms with Crippen LogP contribution in [0.5, 0.6) is 0 Å². The third-order valence-electron chi connectivity index (χ3n) is 5.08. The van der Waals surface area contributed by atoms with Gasteiger partial charge >= 0.3 is 18.2 Å². The van der Waals surface area contributed by atoms with Crippen molar-refractivity contribution in [1.29, 1.82) is 0 Å². The Morgan fingerprint density at radius 3 is 2.25 bits per heavy atom. The Balaban J connectivity index is 1.94. The summed E-state index contributed by atoms with van der Waals surface area (Å²) in [6.45, 7) is 0. The molecule has 0 bridgehead atoms. The third kappa shape index (κ3) is 2.70. The normalized spacial score (nSPS) is 29.9. The zero-order valence-electron chi connectivity index (χ0n) is 13.8. The molecule has 8 heteroatoms. The second kappa shape index (κ2) is 6.70. The second-order valence-corrected chi connectivity index (χ2v) is 6.29. The predicted octanol–water partition coefficient (Wildman–Crippen LogP) is 2.06. The van der Waals surface area contributed by atoms with Crippen LogP contribution in [0.25, 0.3) is 0 Å². The highest BCUT2D eigenvalue weighted by atomic mass is 16.6. The molecular weight excluding hydrogens is 316 g/mol. The number of rotatable bonds is 1. The number of amides is 2. The van der Waals surface area contributed by atoms with Crippen molar-refractivity contribution < 1.29 is 28.6 Å². The van der Waals surface area contributed by atoms with E-state index in [1.807, 2.05) is 0 Å². The Bertz CT molecular complexity index is 557. The molecule has 1 aliphatic carbocycles. The largest absolute Gasteiger partial charge is 0.452 e. The third-order valence-corrected chi connectivity index (χ3v) is 5.08. The standard InChI is InChI=1S/C16H22N2O6/c1-22-15(20)17-8-9-18(16(21)23-2)13-12(17)11(14(19)24-13)10-6-4-3-5-7-10/h8-13H,3-7H2,1-2H3/t11-,12-,13+/m0/s1. The molecule has 0 spiro atoms. The minimum absolute atomic E-state index is 0.138. The van der Waals surface area contributed by atoms with Gasteiger partial charge in [0.05, 0.1) is 20.1 Å². The van der Waals surface area contributed by atoms with Crippen molar-refractivity contribution in [3.8, 4) is 0 Å². The molecule has 1 saturated heterocycles. The van der Waals surface area contributed by atoms with Crippen LogP contribution in [-0.2, 0) is 19.0 Å². The van der Waals surface area contributed by atoms with Gasteiger partial charge in [0.1, 0.15) is 6.04 Å². The van der Waals surface area contributed by atoms with Gasteiger partial charge in [0.25, 0.3) is 0 Å². The van der Waals surface area contributed by atoms with Crippen molar-refractivity contribution in [3.05, 3.63) is 12.4 Å². The molecule has 8 nitrogen and oxygen atoms in total. The summed E-state index contributed by atoms with van der Waals surface area (Å²) in [5.74, 6) is -0.700. The SMILES string of the molecule is COC(=O)N1C=CN(C(=O)OC)[C@@H]2OC(=O)[C@@H](C3CCCCC3)[C@@H]21. The van der Waals surface area contributed by atoms with Gasteiger partial charge in [-0.05, 0) is 18.8 Å². The second-order valence-electron chi connectivity index (χ2n) is 6.29. The molecule has 0 radical (unpaired) electrons. The first kappa shape index (κ1) is 16.6. The maximum Gasteiger partial charge on any atom is 0.416 e. The van der Waals surface area contributed by atoms with Gasteiger partial charge in [-0.2, -0.15) is 0 Å². The number of carbonyl (C=O) groups excluding carboxylic acids is 3. The van der Waals surface area contributed by atoms with E-state index < -0.39 is 30.4 Å². The van der Waals surface area contributed by atoms with Crippen molar-refractivity contribution >= 4 is 18.2 Å². The average molecular weight is 338 g/mol. The molecule has 3 aliphatic rings. The van der Waals surface area contributed by atoms with Crippen LogP contribution >= 0.6 is 0 Å². The van der Waals surface area contributed by atoms with E-state index in [0.717, 1.165) is 32.1 Å². The van der Waals surface area contributed by atoms with Gasteiger partial charge in [-0.25, -0.2) is 14.5 Å². The van der Waals surface area contributed by atoms with Crippen LogP contribution in [0, 0.1) is 11.8 Å². The minimum Gasteiger partial charge on any atom is -0.452 e. The van der Waals surface area contributed by atoms with Gasteiger partial charge in [0.15, 0.2) is 0 Å². The molecule has 0 aromatic carbocycles. The van der Waals surface area contributed by atoms with Gasteiger partial charge in [0, 0.05) is 12.4 Å². The van der Waals surface area contributed by atoms with Crippen molar-refractivity contribution in [1.82, 2.24) is 9.80 Å². The van der Waals surface area contributed by atoms with Crippen LogP contribution in [0.15, 0.2) is 12.4 Å². The van der Waals surface area contributed by atoms with Crippen molar-refractivity contribution in [2.45, 2.75) is 44.4 Å². The van der Waals surface area contributed by atoms with E-state index in [9.17, 15) is 14.4 Å². The lowest BCUT2D eigenvalue weighted by atomic mass is 9.76. The Labute approximate surface area is 140 Å². The summed E-state index contributed by atoms with van der Waals surface area (Å²) in [4.78, 5) is 39.2. The molecule has 2 aliphatic heterocycles. The number of carbonyl (C=O) groups is 3. The molecule has 2 amide bonds. The van der Waals surface area contributed by atoms with E-state index in [4.69, 9.17) is 14.2 Å². The molecule has 0 aromatic heterocycles. The van der Waals surface area contributed by atoms with Gasteiger partial charge in [-0.15, -0.1) is 0 Å². The molecule has 3 atom stereocenters. The fraction of sp³-hybridized carbons (Fsp3) is 0.688. The fourth-order valence-corrected chi connectivity index (χ4v) is 3.97. The molecule has 2 fully saturated rings. The van der Waals surface area contributed by atoms with Crippen molar-refractivity contribution in [2.75, 3.05) is 14.2 Å². The van der Waals surface area contributed by atoms with Gasteiger partial charge in [0.2, 0.25) is 6.23 Å². The lowest BCUT2D eigenvalue weighted by molar-refractivity contribution is -0.149. The van der Waals surface area contributed by atoms with Gasteiger partial charge < -0.3 is 14.2 Å². The van der Waals surface area contributed by atoms with E-state index >= 15 is 0 Å². The van der Waals surface area contributed by atoms with Crippen molar-refractivity contribution in [2.24, 2.45) is 11.8 Å². The van der Waals surface area contributed by atoms with Gasteiger partial charge in [-0.3, -0.25) is 9.69 Å². The summed E-state index contributed by atoms with van der Waals surface area (Å²) in [5.41, 5.74) is 0. The maximum absolute atomic E-state index is 12.5. The minimum atomic E-state index is -0.888. The summed E-state index contributed by atoms with van der Waals surface area (Å²) in [6, 6.07) is -0.600. The number of nitrogens with zero attached hydrogens (tertiary/aromatic N) is 2. The van der Waals surface area contributed by atoms with Crippen LogP contribution in [0.4, 0.5) is 9.59 Å². The smallest absolute Gasteiger partial charge is 0.416 e. The molecule has 2 heterocycles. The van der Waals surface area contributed by atoms with E-state index in [-0.39, 0.29) is 11.9 Å². The lowest BCUT2D eigenvalue weighted by Gasteiger charge is -2.39. The number of ether oxygens (including phenoxy) is 3. The van der Waals surface area contributed by atoms with E-state index in [1.165, 1.54) is 36.4 Å². The van der Waals surface area contributed by atoms with Crippen molar-refractivity contribution in [3.63, 3.8) is 0 Å². The summed E-state index contributed by atoms with van der Waals surface area (Å²) in [7, 11) is 2.54. The highest BCUT2D eigenvalue weighted by Gasteiger charge is 2.56. The first-order valence-corrected chi connectivity index (χ1v) is 8.20. The van der Waals surface area contributed by atoms with Crippen LogP contribution in [-0.4, -0.2) is 54.4 Å². The van der Waals surface area contributed by atoms with E-state index in [1.54, 1.807) is 0 Å². The summed E-state index contributed by atoms with van der Waals surface area (Å²) in [5, 5.41) is 0. The lowest BCUT2D eigenvalue weighted by Crippen LogP contribution is -2.56. The number of hydrogen-bond acceptors (Lipinski definition) is 6. The maximum atomic E-state index is 12.5. The van der Waals surface area contributed by atoms with E-state index in [2.05, 4.69) is 0 Å². The number of hydrogen-bond donors (Lipinski definition) is 0. The highest BCUT2D eigenvalue weighted by Crippen LogP contribution is 2.42. The van der Waals surface area contributed by atoms with Gasteiger partial charge in [-0.1, -0.05) is 19.3 Å². The molecule has 0 N–H and O–H groups in total. The summed E-state index contributed by atoms with van der Waals surface area (Å²) >= 11 is 0.